The minimum absolute atomic E-state index is 0.185. The highest BCUT2D eigenvalue weighted by molar-refractivity contribution is 6.29. The zero-order valence-electron chi connectivity index (χ0n) is 19.2. The number of nitrogens with one attached hydrogen (secondary N) is 1. The van der Waals surface area contributed by atoms with E-state index in [0.717, 1.165) is 0 Å². The zero-order valence-corrected chi connectivity index (χ0v) is 20.0. The Hall–Kier alpha value is -2.82. The van der Waals surface area contributed by atoms with Gasteiger partial charge in [-0.25, -0.2) is 19.7 Å². The molecular formula is C22H28ClN5O5. The highest BCUT2D eigenvalue weighted by Gasteiger charge is 2.36. The predicted molar refractivity (Wildman–Crippen MR) is 121 cm³/mol. The molecule has 2 aromatic heterocycles. The molecule has 2 amide bonds. The molecule has 2 aromatic rings. The van der Waals surface area contributed by atoms with Crippen molar-refractivity contribution in [1.82, 2.24) is 25.2 Å². The number of carbonyl (C=O) groups is 2. The minimum Gasteiger partial charge on any atom is -0.444 e. The molecule has 0 aliphatic carbocycles. The summed E-state index contributed by atoms with van der Waals surface area (Å²) in [6, 6.07) is 4.87. The zero-order chi connectivity index (χ0) is 24.3. The first-order valence-electron chi connectivity index (χ1n) is 10.5. The molecule has 11 heteroatoms. The lowest BCUT2D eigenvalue weighted by molar-refractivity contribution is -0.126. The van der Waals surface area contributed by atoms with E-state index >= 15 is 0 Å². The first kappa shape index (κ1) is 24.8. The van der Waals surface area contributed by atoms with Crippen LogP contribution in [0.1, 0.15) is 49.9 Å². The molecule has 3 heterocycles. The summed E-state index contributed by atoms with van der Waals surface area (Å²) in [7, 11) is 1.51. The number of halogens is 1. The number of aromatic nitrogens is 3. The lowest BCUT2D eigenvalue weighted by Gasteiger charge is -2.39. The lowest BCUT2D eigenvalue weighted by Crippen LogP contribution is -2.51. The molecule has 0 radical (unpaired) electrons. The molecule has 1 aliphatic rings. The smallest absolute Gasteiger partial charge is 0.410 e. The number of nitrogens with zero attached hydrogens (tertiary/aromatic N) is 4. The van der Waals surface area contributed by atoms with Crippen molar-refractivity contribution in [3.05, 3.63) is 40.9 Å². The number of pyridine rings is 1. The largest absolute Gasteiger partial charge is 0.444 e. The van der Waals surface area contributed by atoms with Crippen molar-refractivity contribution in [1.29, 1.82) is 0 Å². The van der Waals surface area contributed by atoms with Crippen molar-refractivity contribution in [3.63, 3.8) is 0 Å². The summed E-state index contributed by atoms with van der Waals surface area (Å²) in [4.78, 5) is 38.6. The fourth-order valence-corrected chi connectivity index (χ4v) is 3.52. The van der Waals surface area contributed by atoms with Gasteiger partial charge in [-0.3, -0.25) is 4.79 Å². The Morgan fingerprint density at radius 2 is 1.97 bits per heavy atom. The van der Waals surface area contributed by atoms with Crippen LogP contribution in [0.5, 0.6) is 0 Å². The summed E-state index contributed by atoms with van der Waals surface area (Å²) in [6.07, 6.45) is -1.25. The van der Waals surface area contributed by atoms with Gasteiger partial charge in [0.2, 0.25) is 0 Å². The summed E-state index contributed by atoms with van der Waals surface area (Å²) in [5.74, 6) is -0.357. The van der Waals surface area contributed by atoms with Crippen LogP contribution < -0.4 is 5.32 Å². The van der Waals surface area contributed by atoms with E-state index in [1.54, 1.807) is 39.8 Å². The quantitative estimate of drug-likeness (QED) is 0.643. The molecule has 1 fully saturated rings. The highest BCUT2D eigenvalue weighted by atomic mass is 35.5. The van der Waals surface area contributed by atoms with Crippen molar-refractivity contribution in [2.24, 2.45) is 0 Å². The third-order valence-corrected chi connectivity index (χ3v) is 5.09. The fraction of sp³-hybridized carbons (Fsp3) is 0.500. The standard InChI is InChI=1S/C22H28ClN5O5/c1-12(29)17-9-28(21(31)33-22(2,3)4)10-18(32-17)13-6-15(27-19(23)7-13)14-8-16(20(30)24-5)26-11-25-14/h6-8,11-12,17-18,29H,9-10H2,1-5H3,(H,24,30)/t12-,17?,18?/m0/s1. The Kier molecular flexibility index (Phi) is 7.51. The Labute approximate surface area is 197 Å². The van der Waals surface area contributed by atoms with Crippen molar-refractivity contribution < 1.29 is 24.2 Å². The summed E-state index contributed by atoms with van der Waals surface area (Å²) >= 11 is 6.29. The number of hydrogen-bond acceptors (Lipinski definition) is 8. The van der Waals surface area contributed by atoms with E-state index < -0.39 is 30.0 Å². The number of carbonyl (C=O) groups excluding carboxylic acids is 2. The monoisotopic (exact) mass is 477 g/mol. The van der Waals surface area contributed by atoms with Gasteiger partial charge >= 0.3 is 6.09 Å². The van der Waals surface area contributed by atoms with Gasteiger partial charge in [0.1, 0.15) is 35.0 Å². The van der Waals surface area contributed by atoms with Crippen molar-refractivity contribution in [2.75, 3.05) is 20.1 Å². The van der Waals surface area contributed by atoms with Crippen LogP contribution in [0.15, 0.2) is 24.5 Å². The first-order chi connectivity index (χ1) is 15.5. The van der Waals surface area contributed by atoms with Gasteiger partial charge < -0.3 is 24.8 Å². The Bertz CT molecular complexity index is 1030. The van der Waals surface area contributed by atoms with Crippen molar-refractivity contribution in [3.8, 4) is 11.4 Å². The van der Waals surface area contributed by atoms with Crippen molar-refractivity contribution >= 4 is 23.6 Å². The number of morpholine rings is 1. The molecule has 1 saturated heterocycles. The van der Waals surface area contributed by atoms with Crippen LogP contribution in [0, 0.1) is 0 Å². The average molecular weight is 478 g/mol. The van der Waals surface area contributed by atoms with Crippen LogP contribution in [-0.2, 0) is 9.47 Å². The summed E-state index contributed by atoms with van der Waals surface area (Å²) < 4.78 is 11.6. The molecule has 0 bridgehead atoms. The van der Waals surface area contributed by atoms with Gasteiger partial charge in [-0.1, -0.05) is 11.6 Å². The van der Waals surface area contributed by atoms with E-state index in [2.05, 4.69) is 20.3 Å². The second kappa shape index (κ2) is 9.98. The van der Waals surface area contributed by atoms with Gasteiger partial charge in [0.15, 0.2) is 0 Å². The molecule has 0 aromatic carbocycles. The minimum atomic E-state index is -0.813. The molecule has 0 saturated carbocycles. The number of ether oxygens (including phenoxy) is 2. The van der Waals surface area contributed by atoms with Crippen LogP contribution in [0.4, 0.5) is 4.79 Å². The Morgan fingerprint density at radius 1 is 1.24 bits per heavy atom. The SMILES string of the molecule is CNC(=O)c1cc(-c2cc(C3CN(C(=O)OC(C)(C)C)CC([C@H](C)O)O3)cc(Cl)n2)ncn1. The summed E-state index contributed by atoms with van der Waals surface area (Å²) in [5, 5.41) is 12.9. The molecule has 3 atom stereocenters. The number of rotatable bonds is 4. The Morgan fingerprint density at radius 3 is 2.61 bits per heavy atom. The van der Waals surface area contributed by atoms with E-state index in [4.69, 9.17) is 21.1 Å². The molecule has 0 spiro atoms. The molecule has 10 nitrogen and oxygen atoms in total. The first-order valence-corrected chi connectivity index (χ1v) is 10.9. The molecule has 2 N–H and O–H groups in total. The van der Waals surface area contributed by atoms with E-state index in [0.29, 0.717) is 17.0 Å². The van der Waals surface area contributed by atoms with Gasteiger partial charge in [-0.05, 0) is 51.5 Å². The number of aliphatic hydroxyl groups excluding tert-OH is 1. The van der Waals surface area contributed by atoms with Gasteiger partial charge in [-0.15, -0.1) is 0 Å². The van der Waals surface area contributed by atoms with Crippen LogP contribution in [0.3, 0.4) is 0 Å². The molecule has 2 unspecified atom stereocenters. The van der Waals surface area contributed by atoms with E-state index in [-0.39, 0.29) is 29.8 Å². The molecule has 1 aliphatic heterocycles. The number of amides is 2. The number of hydrogen-bond donors (Lipinski definition) is 2. The highest BCUT2D eigenvalue weighted by Crippen LogP contribution is 2.31. The normalized spacial score (nSPS) is 19.7. The molecule has 3 rings (SSSR count). The molecule has 178 valence electrons. The van der Waals surface area contributed by atoms with Gasteiger partial charge in [0.25, 0.3) is 5.91 Å². The predicted octanol–water partition coefficient (Wildman–Crippen LogP) is 2.61. The van der Waals surface area contributed by atoms with E-state index in [9.17, 15) is 14.7 Å². The second-order valence-electron chi connectivity index (χ2n) is 8.77. The maximum atomic E-state index is 12.7. The lowest BCUT2D eigenvalue weighted by atomic mass is 10.0. The second-order valence-corrected chi connectivity index (χ2v) is 9.15. The van der Waals surface area contributed by atoms with Crippen molar-refractivity contribution in [2.45, 2.75) is 51.6 Å². The van der Waals surface area contributed by atoms with Crippen LogP contribution in [0.2, 0.25) is 5.15 Å². The number of aliphatic hydroxyl groups is 1. The fourth-order valence-electron chi connectivity index (χ4n) is 3.30. The van der Waals surface area contributed by atoms with Gasteiger partial charge in [-0.2, -0.15) is 0 Å². The summed E-state index contributed by atoms with van der Waals surface area (Å²) in [6.45, 7) is 7.36. The summed E-state index contributed by atoms with van der Waals surface area (Å²) in [5.41, 5.74) is 0.985. The average Bonchev–Trinajstić information content (AvgIpc) is 2.76. The maximum absolute atomic E-state index is 12.7. The Balaban J connectivity index is 1.93. The topological polar surface area (TPSA) is 127 Å². The van der Waals surface area contributed by atoms with Crippen LogP contribution in [0.25, 0.3) is 11.4 Å². The van der Waals surface area contributed by atoms with Crippen LogP contribution >= 0.6 is 11.6 Å². The van der Waals surface area contributed by atoms with E-state index in [1.807, 2.05) is 0 Å². The van der Waals surface area contributed by atoms with Crippen LogP contribution in [-0.4, -0.2) is 74.9 Å². The van der Waals surface area contributed by atoms with Gasteiger partial charge in [0, 0.05) is 7.05 Å². The molecule has 33 heavy (non-hydrogen) atoms. The third kappa shape index (κ3) is 6.37. The molecular weight excluding hydrogens is 450 g/mol. The van der Waals surface area contributed by atoms with Gasteiger partial charge in [0.05, 0.1) is 30.6 Å². The van der Waals surface area contributed by atoms with E-state index in [1.165, 1.54) is 24.3 Å². The maximum Gasteiger partial charge on any atom is 0.410 e. The third-order valence-electron chi connectivity index (χ3n) is 4.89.